The van der Waals surface area contributed by atoms with Crippen LogP contribution < -0.4 is 0 Å². The second kappa shape index (κ2) is 5.47. The van der Waals surface area contributed by atoms with Crippen LogP contribution >= 0.6 is 11.3 Å². The van der Waals surface area contributed by atoms with Crippen LogP contribution in [0.2, 0.25) is 0 Å². The number of aromatic nitrogens is 1. The Kier molecular flexibility index (Phi) is 4.55. The first-order valence-corrected chi connectivity index (χ1v) is 6.02. The molecule has 0 saturated carbocycles. The highest BCUT2D eigenvalue weighted by molar-refractivity contribution is 7.11. The van der Waals surface area contributed by atoms with Crippen molar-refractivity contribution in [3.8, 4) is 0 Å². The zero-order valence-electron chi connectivity index (χ0n) is 9.21. The van der Waals surface area contributed by atoms with Gasteiger partial charge in [-0.3, -0.25) is 0 Å². The van der Waals surface area contributed by atoms with E-state index in [1.54, 1.807) is 11.3 Å². The first-order chi connectivity index (χ1) is 6.67. The summed E-state index contributed by atoms with van der Waals surface area (Å²) < 4.78 is 0. The van der Waals surface area contributed by atoms with Crippen LogP contribution in [0, 0.1) is 19.8 Å². The summed E-state index contributed by atoms with van der Waals surface area (Å²) in [5, 5.41) is 10.3. The van der Waals surface area contributed by atoms with Gasteiger partial charge in [-0.1, -0.05) is 13.3 Å². The lowest BCUT2D eigenvalue weighted by Gasteiger charge is -2.10. The third-order valence-electron chi connectivity index (χ3n) is 2.49. The molecule has 0 radical (unpaired) electrons. The largest absolute Gasteiger partial charge is 0.396 e. The van der Waals surface area contributed by atoms with E-state index in [-0.39, 0.29) is 6.61 Å². The Balaban J connectivity index is 2.57. The molecule has 1 aromatic heterocycles. The summed E-state index contributed by atoms with van der Waals surface area (Å²) in [6.07, 6.45) is 3.16. The number of aryl methyl sites for hydroxylation is 2. The van der Waals surface area contributed by atoms with Crippen LogP contribution in [0.5, 0.6) is 0 Å². The van der Waals surface area contributed by atoms with Crippen molar-refractivity contribution in [1.82, 2.24) is 4.98 Å². The molecule has 0 aliphatic heterocycles. The molecule has 0 amide bonds. The highest BCUT2D eigenvalue weighted by Crippen LogP contribution is 2.21. The quantitative estimate of drug-likeness (QED) is 0.816. The van der Waals surface area contributed by atoms with E-state index in [1.165, 1.54) is 9.88 Å². The normalized spacial score (nSPS) is 13.1. The number of aliphatic hydroxyl groups excluding tert-OH is 1. The number of hydrogen-bond acceptors (Lipinski definition) is 3. The molecule has 1 heterocycles. The predicted molar refractivity (Wildman–Crippen MR) is 60.8 cm³/mol. The van der Waals surface area contributed by atoms with Gasteiger partial charge in [0.15, 0.2) is 0 Å². The first kappa shape index (κ1) is 11.7. The minimum absolute atomic E-state index is 0.283. The van der Waals surface area contributed by atoms with Crippen LogP contribution in [-0.4, -0.2) is 16.7 Å². The second-order valence-corrected chi connectivity index (χ2v) is 5.08. The maximum atomic E-state index is 9.17. The number of thiazole rings is 1. The van der Waals surface area contributed by atoms with E-state index in [0.29, 0.717) is 5.92 Å². The molecule has 0 spiro atoms. The van der Waals surface area contributed by atoms with Gasteiger partial charge in [-0.2, -0.15) is 0 Å². The molecule has 0 bridgehead atoms. The van der Waals surface area contributed by atoms with Gasteiger partial charge in [0.25, 0.3) is 0 Å². The maximum absolute atomic E-state index is 9.17. The Morgan fingerprint density at radius 3 is 2.57 bits per heavy atom. The highest BCUT2D eigenvalue weighted by Gasteiger charge is 2.11. The van der Waals surface area contributed by atoms with Crippen molar-refractivity contribution in [1.29, 1.82) is 0 Å². The molecule has 14 heavy (non-hydrogen) atoms. The van der Waals surface area contributed by atoms with Crippen LogP contribution in [0.3, 0.4) is 0 Å². The molecule has 0 fully saturated rings. The average molecular weight is 213 g/mol. The fourth-order valence-electron chi connectivity index (χ4n) is 1.54. The van der Waals surface area contributed by atoms with Gasteiger partial charge < -0.3 is 5.11 Å². The topological polar surface area (TPSA) is 33.1 Å². The van der Waals surface area contributed by atoms with Gasteiger partial charge in [-0.15, -0.1) is 11.3 Å². The Morgan fingerprint density at radius 2 is 2.14 bits per heavy atom. The lowest BCUT2D eigenvalue weighted by atomic mass is 10.0. The van der Waals surface area contributed by atoms with E-state index in [1.807, 2.05) is 6.92 Å². The molecule has 0 saturated heterocycles. The molecule has 1 aromatic rings. The Hall–Kier alpha value is -0.410. The third-order valence-corrected chi connectivity index (χ3v) is 3.59. The SMILES string of the molecule is CCCC(CO)Cc1nc(C)c(C)s1. The minimum Gasteiger partial charge on any atom is -0.396 e. The highest BCUT2D eigenvalue weighted by atomic mass is 32.1. The zero-order chi connectivity index (χ0) is 10.6. The smallest absolute Gasteiger partial charge is 0.0934 e. The summed E-state index contributed by atoms with van der Waals surface area (Å²) in [6.45, 7) is 6.58. The summed E-state index contributed by atoms with van der Waals surface area (Å²) in [4.78, 5) is 5.79. The monoisotopic (exact) mass is 213 g/mol. The third kappa shape index (κ3) is 3.07. The number of rotatable bonds is 5. The van der Waals surface area contributed by atoms with Crippen molar-refractivity contribution < 1.29 is 5.11 Å². The van der Waals surface area contributed by atoms with Crippen LogP contribution in [0.1, 0.15) is 35.3 Å². The summed E-state index contributed by atoms with van der Waals surface area (Å²) in [5.41, 5.74) is 1.14. The fraction of sp³-hybridized carbons (Fsp3) is 0.727. The van der Waals surface area contributed by atoms with E-state index < -0.39 is 0 Å². The van der Waals surface area contributed by atoms with Crippen molar-refractivity contribution in [2.45, 2.75) is 40.0 Å². The van der Waals surface area contributed by atoms with Gasteiger partial charge in [-0.25, -0.2) is 4.98 Å². The van der Waals surface area contributed by atoms with Crippen molar-refractivity contribution in [2.24, 2.45) is 5.92 Å². The van der Waals surface area contributed by atoms with Crippen molar-refractivity contribution >= 4 is 11.3 Å². The first-order valence-electron chi connectivity index (χ1n) is 5.21. The molecule has 1 N–H and O–H groups in total. The molecule has 2 nitrogen and oxygen atoms in total. The van der Waals surface area contributed by atoms with Gasteiger partial charge in [0.2, 0.25) is 0 Å². The van der Waals surface area contributed by atoms with Crippen LogP contribution in [-0.2, 0) is 6.42 Å². The van der Waals surface area contributed by atoms with Crippen LogP contribution in [0.25, 0.3) is 0 Å². The van der Waals surface area contributed by atoms with Crippen LogP contribution in [0.4, 0.5) is 0 Å². The summed E-state index contributed by atoms with van der Waals surface area (Å²) in [7, 11) is 0. The van der Waals surface area contributed by atoms with Crippen molar-refractivity contribution in [3.05, 3.63) is 15.6 Å². The van der Waals surface area contributed by atoms with Gasteiger partial charge >= 0.3 is 0 Å². The molecule has 0 aliphatic rings. The summed E-state index contributed by atoms with van der Waals surface area (Å²) in [6, 6.07) is 0. The Labute approximate surface area is 90.0 Å². The molecule has 0 aliphatic carbocycles. The van der Waals surface area contributed by atoms with E-state index >= 15 is 0 Å². The molecule has 80 valence electrons. The summed E-state index contributed by atoms with van der Waals surface area (Å²) >= 11 is 1.76. The molecule has 1 unspecified atom stereocenters. The predicted octanol–water partition coefficient (Wildman–Crippen LogP) is 2.71. The number of nitrogens with zero attached hydrogens (tertiary/aromatic N) is 1. The Morgan fingerprint density at radius 1 is 1.43 bits per heavy atom. The standard InChI is InChI=1S/C11H19NOS/c1-4-5-10(7-13)6-11-12-8(2)9(3)14-11/h10,13H,4-7H2,1-3H3. The maximum Gasteiger partial charge on any atom is 0.0934 e. The molecule has 3 heteroatoms. The van der Waals surface area contributed by atoms with Gasteiger partial charge in [0.1, 0.15) is 0 Å². The fourth-order valence-corrected chi connectivity index (χ4v) is 2.59. The molecule has 0 aromatic carbocycles. The lowest BCUT2D eigenvalue weighted by Crippen LogP contribution is -2.08. The van der Waals surface area contributed by atoms with E-state index in [0.717, 1.165) is 25.0 Å². The lowest BCUT2D eigenvalue weighted by molar-refractivity contribution is 0.217. The average Bonchev–Trinajstić information content (AvgIpc) is 2.45. The van der Waals surface area contributed by atoms with Gasteiger partial charge in [0.05, 0.1) is 10.7 Å². The van der Waals surface area contributed by atoms with Gasteiger partial charge in [0, 0.05) is 17.9 Å². The van der Waals surface area contributed by atoms with E-state index in [4.69, 9.17) is 0 Å². The molecular formula is C11H19NOS. The minimum atomic E-state index is 0.283. The second-order valence-electron chi connectivity index (χ2n) is 3.79. The molecular weight excluding hydrogens is 194 g/mol. The molecule has 1 atom stereocenters. The Bertz CT molecular complexity index is 263. The van der Waals surface area contributed by atoms with Crippen molar-refractivity contribution in [3.63, 3.8) is 0 Å². The number of aliphatic hydroxyl groups is 1. The van der Waals surface area contributed by atoms with Crippen molar-refractivity contribution in [2.75, 3.05) is 6.61 Å². The van der Waals surface area contributed by atoms with E-state index in [2.05, 4.69) is 18.8 Å². The zero-order valence-corrected chi connectivity index (χ0v) is 10.0. The number of hydrogen-bond donors (Lipinski definition) is 1. The van der Waals surface area contributed by atoms with E-state index in [9.17, 15) is 5.11 Å². The van der Waals surface area contributed by atoms with Gasteiger partial charge in [-0.05, 0) is 26.2 Å². The molecule has 1 rings (SSSR count). The summed E-state index contributed by atoms with van der Waals surface area (Å²) in [5.74, 6) is 0.393. The van der Waals surface area contributed by atoms with Crippen LogP contribution in [0.15, 0.2) is 0 Å².